The predicted molar refractivity (Wildman–Crippen MR) is 28.5 cm³/mol. The largest absolute Gasteiger partial charge is 0.389 e. The fraction of sp³-hybridized carbons (Fsp3) is 0.800. The number of carbonyl (C=O) groups is 1. The van der Waals surface area contributed by atoms with Gasteiger partial charge in [-0.25, -0.2) is 0 Å². The van der Waals surface area contributed by atoms with Crippen molar-refractivity contribution in [2.75, 3.05) is 19.7 Å². The normalized spacial score (nSPS) is 20.1. The van der Waals surface area contributed by atoms with Gasteiger partial charge in [-0.3, -0.25) is 4.79 Å². The highest BCUT2D eigenvalue weighted by Gasteiger charge is 2.23. The molecule has 46 valence electrons. The Balaban J connectivity index is 2.24. The lowest BCUT2D eigenvalue weighted by molar-refractivity contribution is -0.127. The summed E-state index contributed by atoms with van der Waals surface area (Å²) in [4.78, 5) is 10.5. The first-order valence-corrected chi connectivity index (χ1v) is 2.69. The Bertz CT molecular complexity index is 98.6. The first kappa shape index (κ1) is 5.72. The van der Waals surface area contributed by atoms with Gasteiger partial charge in [-0.15, -0.1) is 0 Å². The zero-order valence-corrected chi connectivity index (χ0v) is 4.55. The van der Waals surface area contributed by atoms with Crippen molar-refractivity contribution in [3.63, 3.8) is 0 Å². The molecule has 1 saturated heterocycles. The Morgan fingerprint density at radius 1 is 1.75 bits per heavy atom. The Morgan fingerprint density at radius 3 is 2.50 bits per heavy atom. The molecule has 0 saturated carbocycles. The molecule has 3 heteroatoms. The molecule has 0 atom stereocenters. The third-order valence-corrected chi connectivity index (χ3v) is 1.39. The molecule has 1 rings (SSSR count). The number of aliphatic hydroxyl groups is 1. The summed E-state index contributed by atoms with van der Waals surface area (Å²) in [5.74, 6) is 0.0590. The second-order valence-corrected chi connectivity index (χ2v) is 1.98. The van der Waals surface area contributed by atoms with Crippen molar-refractivity contribution >= 4 is 5.78 Å². The molecule has 0 aliphatic carbocycles. The fourth-order valence-electron chi connectivity index (χ4n) is 0.645. The third-order valence-electron chi connectivity index (χ3n) is 1.39. The fourth-order valence-corrected chi connectivity index (χ4v) is 0.645. The van der Waals surface area contributed by atoms with Crippen LogP contribution < -0.4 is 5.32 Å². The van der Waals surface area contributed by atoms with E-state index in [-0.39, 0.29) is 18.3 Å². The molecular weight excluding hydrogens is 106 g/mol. The van der Waals surface area contributed by atoms with Gasteiger partial charge < -0.3 is 10.4 Å². The minimum Gasteiger partial charge on any atom is -0.389 e. The highest BCUT2D eigenvalue weighted by Crippen LogP contribution is 2.02. The van der Waals surface area contributed by atoms with E-state index in [1.807, 2.05) is 0 Å². The summed E-state index contributed by atoms with van der Waals surface area (Å²) >= 11 is 0. The maximum absolute atomic E-state index is 10.5. The number of hydrogen-bond acceptors (Lipinski definition) is 3. The maximum Gasteiger partial charge on any atom is 0.163 e. The lowest BCUT2D eigenvalue weighted by atomic mass is 9.99. The van der Waals surface area contributed by atoms with Gasteiger partial charge in [0.1, 0.15) is 6.61 Å². The molecule has 3 nitrogen and oxygen atoms in total. The molecule has 1 fully saturated rings. The molecule has 1 heterocycles. The van der Waals surface area contributed by atoms with E-state index in [4.69, 9.17) is 5.11 Å². The highest BCUT2D eigenvalue weighted by atomic mass is 16.3. The lowest BCUT2D eigenvalue weighted by Crippen LogP contribution is -2.47. The van der Waals surface area contributed by atoms with Crippen molar-refractivity contribution in [3.05, 3.63) is 0 Å². The van der Waals surface area contributed by atoms with Crippen molar-refractivity contribution in [2.45, 2.75) is 0 Å². The van der Waals surface area contributed by atoms with E-state index < -0.39 is 0 Å². The summed E-state index contributed by atoms with van der Waals surface area (Å²) in [6.45, 7) is 1.20. The van der Waals surface area contributed by atoms with Crippen LogP contribution in [0.4, 0.5) is 0 Å². The summed E-state index contributed by atoms with van der Waals surface area (Å²) in [7, 11) is 0. The van der Waals surface area contributed by atoms with E-state index in [1.54, 1.807) is 0 Å². The van der Waals surface area contributed by atoms with Crippen LogP contribution in [-0.4, -0.2) is 30.6 Å². The predicted octanol–water partition coefficient (Wildman–Crippen LogP) is -1.23. The van der Waals surface area contributed by atoms with Crippen LogP contribution in [0.5, 0.6) is 0 Å². The Morgan fingerprint density at radius 2 is 2.38 bits per heavy atom. The Hall–Kier alpha value is -0.410. The molecule has 1 aliphatic heterocycles. The molecule has 0 aromatic heterocycles. The molecule has 0 aromatic carbocycles. The molecule has 2 N–H and O–H groups in total. The number of hydrogen-bond donors (Lipinski definition) is 2. The molecule has 1 aliphatic rings. The highest BCUT2D eigenvalue weighted by molar-refractivity contribution is 5.83. The van der Waals surface area contributed by atoms with Crippen LogP contribution in [0.1, 0.15) is 0 Å². The SMILES string of the molecule is O=C(CO)C1CNC1. The average molecular weight is 115 g/mol. The number of aliphatic hydroxyl groups excluding tert-OH is 1. The standard InChI is InChI=1S/C5H9NO2/c7-3-5(8)4-1-6-2-4/h4,6-7H,1-3H2. The Labute approximate surface area is 47.7 Å². The van der Waals surface area contributed by atoms with E-state index in [1.165, 1.54) is 0 Å². The van der Waals surface area contributed by atoms with Gasteiger partial charge in [-0.1, -0.05) is 0 Å². The maximum atomic E-state index is 10.5. The third kappa shape index (κ3) is 0.877. The molecular formula is C5H9NO2. The van der Waals surface area contributed by atoms with E-state index in [0.717, 1.165) is 13.1 Å². The van der Waals surface area contributed by atoms with Crippen molar-refractivity contribution in [3.8, 4) is 0 Å². The van der Waals surface area contributed by atoms with Gasteiger partial charge in [0, 0.05) is 19.0 Å². The van der Waals surface area contributed by atoms with E-state index >= 15 is 0 Å². The molecule has 0 aromatic rings. The lowest BCUT2D eigenvalue weighted by Gasteiger charge is -2.24. The van der Waals surface area contributed by atoms with Crippen LogP contribution in [0.3, 0.4) is 0 Å². The summed E-state index contributed by atoms with van der Waals surface area (Å²) < 4.78 is 0. The summed E-state index contributed by atoms with van der Waals surface area (Å²) in [6.07, 6.45) is 0. The molecule has 0 radical (unpaired) electrons. The second-order valence-electron chi connectivity index (χ2n) is 1.98. The summed E-state index contributed by atoms with van der Waals surface area (Å²) in [6, 6.07) is 0. The van der Waals surface area contributed by atoms with E-state index in [2.05, 4.69) is 5.32 Å². The van der Waals surface area contributed by atoms with Gasteiger partial charge in [0.25, 0.3) is 0 Å². The number of nitrogens with one attached hydrogen (secondary N) is 1. The first-order valence-electron chi connectivity index (χ1n) is 2.69. The van der Waals surface area contributed by atoms with Gasteiger partial charge >= 0.3 is 0 Å². The van der Waals surface area contributed by atoms with Gasteiger partial charge in [0.05, 0.1) is 0 Å². The molecule has 0 bridgehead atoms. The van der Waals surface area contributed by atoms with Gasteiger partial charge in [-0.2, -0.15) is 0 Å². The monoisotopic (exact) mass is 115 g/mol. The van der Waals surface area contributed by atoms with Crippen LogP contribution in [0.2, 0.25) is 0 Å². The van der Waals surface area contributed by atoms with Gasteiger partial charge in [0.15, 0.2) is 5.78 Å². The van der Waals surface area contributed by atoms with Crippen molar-refractivity contribution in [2.24, 2.45) is 5.92 Å². The minimum atomic E-state index is -0.299. The van der Waals surface area contributed by atoms with E-state index in [0.29, 0.717) is 0 Å². The number of ketones is 1. The van der Waals surface area contributed by atoms with Crippen molar-refractivity contribution in [1.82, 2.24) is 5.32 Å². The number of carbonyl (C=O) groups excluding carboxylic acids is 1. The molecule has 0 unspecified atom stereocenters. The van der Waals surface area contributed by atoms with Gasteiger partial charge in [0.2, 0.25) is 0 Å². The molecule has 0 spiro atoms. The summed E-state index contributed by atoms with van der Waals surface area (Å²) in [5, 5.41) is 11.2. The van der Waals surface area contributed by atoms with Crippen molar-refractivity contribution < 1.29 is 9.90 Å². The first-order chi connectivity index (χ1) is 3.84. The minimum absolute atomic E-state index is 0.0382. The van der Waals surface area contributed by atoms with Crippen molar-refractivity contribution in [1.29, 1.82) is 0 Å². The number of rotatable bonds is 2. The number of Topliss-reactive ketones (excluding diaryl/α,β-unsaturated/α-hetero) is 1. The van der Waals surface area contributed by atoms with E-state index in [9.17, 15) is 4.79 Å². The quantitative estimate of drug-likeness (QED) is 0.473. The van der Waals surface area contributed by atoms with Crippen LogP contribution in [0, 0.1) is 5.92 Å². The second kappa shape index (κ2) is 2.24. The molecule has 0 amide bonds. The van der Waals surface area contributed by atoms with Crippen LogP contribution in [0.25, 0.3) is 0 Å². The zero-order valence-electron chi connectivity index (χ0n) is 4.55. The van der Waals surface area contributed by atoms with Crippen LogP contribution in [-0.2, 0) is 4.79 Å². The Kier molecular flexibility index (Phi) is 1.60. The summed E-state index contributed by atoms with van der Waals surface area (Å²) in [5.41, 5.74) is 0. The van der Waals surface area contributed by atoms with Crippen LogP contribution in [0.15, 0.2) is 0 Å². The topological polar surface area (TPSA) is 49.3 Å². The smallest absolute Gasteiger partial charge is 0.163 e. The zero-order chi connectivity index (χ0) is 5.98. The average Bonchev–Trinajstić information content (AvgIpc) is 1.62. The molecule has 8 heavy (non-hydrogen) atoms. The van der Waals surface area contributed by atoms with Gasteiger partial charge in [-0.05, 0) is 0 Å². The van der Waals surface area contributed by atoms with Crippen LogP contribution >= 0.6 is 0 Å².